The van der Waals surface area contributed by atoms with E-state index in [1.807, 2.05) is 13.8 Å². The molecule has 7 heteroatoms. The predicted octanol–water partition coefficient (Wildman–Crippen LogP) is 1.29. The molecule has 0 heterocycles. The van der Waals surface area contributed by atoms with Gasteiger partial charge in [-0.25, -0.2) is 4.79 Å². The van der Waals surface area contributed by atoms with Gasteiger partial charge in [0.25, 0.3) is 0 Å². The van der Waals surface area contributed by atoms with E-state index < -0.39 is 0 Å². The second-order valence-corrected chi connectivity index (χ2v) is 4.79. The van der Waals surface area contributed by atoms with Gasteiger partial charge in [0.05, 0.1) is 6.54 Å². The van der Waals surface area contributed by atoms with Crippen molar-refractivity contribution in [2.45, 2.75) is 26.8 Å². The van der Waals surface area contributed by atoms with Gasteiger partial charge in [-0.1, -0.05) is 0 Å². The molecular formula is C14H20N4O3. The van der Waals surface area contributed by atoms with Crippen molar-refractivity contribution >= 4 is 29.2 Å². The van der Waals surface area contributed by atoms with E-state index in [4.69, 9.17) is 0 Å². The maximum absolute atomic E-state index is 11.6. The van der Waals surface area contributed by atoms with Crippen LogP contribution in [0.25, 0.3) is 0 Å². The van der Waals surface area contributed by atoms with Crippen LogP contribution in [-0.2, 0) is 9.59 Å². The second-order valence-electron chi connectivity index (χ2n) is 4.79. The average molecular weight is 292 g/mol. The number of benzene rings is 1. The largest absolute Gasteiger partial charge is 0.336 e. The molecule has 0 saturated heterocycles. The van der Waals surface area contributed by atoms with E-state index in [2.05, 4.69) is 21.3 Å². The number of anilines is 2. The highest BCUT2D eigenvalue weighted by atomic mass is 16.2. The Morgan fingerprint density at radius 1 is 1.00 bits per heavy atom. The average Bonchev–Trinajstić information content (AvgIpc) is 2.37. The molecule has 0 fully saturated rings. The Balaban J connectivity index is 2.40. The molecule has 0 aliphatic rings. The molecule has 114 valence electrons. The lowest BCUT2D eigenvalue weighted by Crippen LogP contribution is -2.42. The molecule has 1 rings (SSSR count). The molecule has 4 amide bonds. The van der Waals surface area contributed by atoms with Crippen molar-refractivity contribution in [3.05, 3.63) is 24.3 Å². The van der Waals surface area contributed by atoms with Crippen molar-refractivity contribution in [1.82, 2.24) is 10.6 Å². The summed E-state index contributed by atoms with van der Waals surface area (Å²) in [5.74, 6) is -0.492. The Hall–Kier alpha value is -2.57. The first-order valence-electron chi connectivity index (χ1n) is 6.58. The van der Waals surface area contributed by atoms with E-state index >= 15 is 0 Å². The third-order valence-electron chi connectivity index (χ3n) is 2.32. The number of nitrogens with one attached hydrogen (secondary N) is 4. The SMILES string of the molecule is CC(=O)Nc1ccc(NC(=O)CNC(=O)NC(C)C)cc1. The summed E-state index contributed by atoms with van der Waals surface area (Å²) in [5, 5.41) is 10.3. The topological polar surface area (TPSA) is 99.3 Å². The lowest BCUT2D eigenvalue weighted by molar-refractivity contribution is -0.115. The van der Waals surface area contributed by atoms with E-state index in [1.165, 1.54) is 6.92 Å². The number of urea groups is 1. The molecule has 0 bridgehead atoms. The first-order chi connectivity index (χ1) is 9.86. The molecule has 21 heavy (non-hydrogen) atoms. The lowest BCUT2D eigenvalue weighted by atomic mass is 10.2. The van der Waals surface area contributed by atoms with Crippen LogP contribution in [0.4, 0.5) is 16.2 Å². The Bertz CT molecular complexity index is 511. The summed E-state index contributed by atoms with van der Waals surface area (Å²) in [6.45, 7) is 4.96. The van der Waals surface area contributed by atoms with Crippen LogP contribution in [0.2, 0.25) is 0 Å². The first kappa shape index (κ1) is 16.5. The van der Waals surface area contributed by atoms with Gasteiger partial charge < -0.3 is 21.3 Å². The maximum Gasteiger partial charge on any atom is 0.315 e. The van der Waals surface area contributed by atoms with Crippen molar-refractivity contribution in [3.63, 3.8) is 0 Å². The van der Waals surface area contributed by atoms with Crippen LogP contribution in [0.5, 0.6) is 0 Å². The van der Waals surface area contributed by atoms with Gasteiger partial charge in [-0.15, -0.1) is 0 Å². The molecular weight excluding hydrogens is 272 g/mol. The summed E-state index contributed by atoms with van der Waals surface area (Å²) in [5.41, 5.74) is 1.23. The zero-order valence-electron chi connectivity index (χ0n) is 12.3. The zero-order valence-corrected chi connectivity index (χ0v) is 12.3. The minimum absolute atomic E-state index is 0.00869. The summed E-state index contributed by atoms with van der Waals surface area (Å²) in [6, 6.07) is 6.30. The molecule has 1 aromatic rings. The summed E-state index contributed by atoms with van der Waals surface area (Å²) in [7, 11) is 0. The van der Waals surface area contributed by atoms with Gasteiger partial charge in [-0.05, 0) is 38.1 Å². The highest BCUT2D eigenvalue weighted by Gasteiger charge is 2.06. The number of hydrogen-bond donors (Lipinski definition) is 4. The van der Waals surface area contributed by atoms with Crippen LogP contribution < -0.4 is 21.3 Å². The van der Waals surface area contributed by atoms with Crippen molar-refractivity contribution in [1.29, 1.82) is 0 Å². The Kier molecular flexibility index (Phi) is 6.19. The predicted molar refractivity (Wildman–Crippen MR) is 81.0 cm³/mol. The van der Waals surface area contributed by atoms with Gasteiger partial charge in [0.1, 0.15) is 0 Å². The standard InChI is InChI=1S/C14H20N4O3/c1-9(2)16-14(21)15-8-13(20)18-12-6-4-11(5-7-12)17-10(3)19/h4-7,9H,8H2,1-3H3,(H,17,19)(H,18,20)(H2,15,16,21). The third kappa shape index (κ3) is 6.95. The number of hydrogen-bond acceptors (Lipinski definition) is 3. The molecule has 0 radical (unpaired) electrons. The van der Waals surface area contributed by atoms with Gasteiger partial charge in [0, 0.05) is 24.3 Å². The molecule has 0 aliphatic heterocycles. The Labute approximate surface area is 123 Å². The van der Waals surface area contributed by atoms with Gasteiger partial charge in [-0.2, -0.15) is 0 Å². The lowest BCUT2D eigenvalue weighted by Gasteiger charge is -2.10. The number of rotatable bonds is 5. The van der Waals surface area contributed by atoms with Crippen molar-refractivity contribution in [2.24, 2.45) is 0 Å². The van der Waals surface area contributed by atoms with E-state index in [0.29, 0.717) is 11.4 Å². The molecule has 0 saturated carbocycles. The van der Waals surface area contributed by atoms with Crippen LogP contribution in [0, 0.1) is 0 Å². The molecule has 0 spiro atoms. The molecule has 7 nitrogen and oxygen atoms in total. The quantitative estimate of drug-likeness (QED) is 0.658. The van der Waals surface area contributed by atoms with Crippen molar-refractivity contribution < 1.29 is 14.4 Å². The van der Waals surface area contributed by atoms with Gasteiger partial charge in [0.2, 0.25) is 11.8 Å². The van der Waals surface area contributed by atoms with Gasteiger partial charge in [-0.3, -0.25) is 9.59 Å². The van der Waals surface area contributed by atoms with E-state index in [9.17, 15) is 14.4 Å². The monoisotopic (exact) mass is 292 g/mol. The number of carbonyl (C=O) groups excluding carboxylic acids is 3. The number of amides is 4. The zero-order chi connectivity index (χ0) is 15.8. The molecule has 0 atom stereocenters. The normalized spacial score (nSPS) is 9.90. The summed E-state index contributed by atoms with van der Waals surface area (Å²) in [4.78, 5) is 33.8. The van der Waals surface area contributed by atoms with Crippen LogP contribution in [-0.4, -0.2) is 30.4 Å². The summed E-state index contributed by atoms with van der Waals surface area (Å²) >= 11 is 0. The molecule has 1 aromatic carbocycles. The van der Waals surface area contributed by atoms with Gasteiger partial charge >= 0.3 is 6.03 Å². The third-order valence-corrected chi connectivity index (χ3v) is 2.32. The van der Waals surface area contributed by atoms with E-state index in [1.54, 1.807) is 24.3 Å². The minimum Gasteiger partial charge on any atom is -0.336 e. The summed E-state index contributed by atoms with van der Waals surface area (Å²) < 4.78 is 0. The Morgan fingerprint density at radius 3 is 2.00 bits per heavy atom. The fourth-order valence-electron chi connectivity index (χ4n) is 1.52. The molecule has 0 aromatic heterocycles. The van der Waals surface area contributed by atoms with Crippen molar-refractivity contribution in [2.75, 3.05) is 17.2 Å². The first-order valence-corrected chi connectivity index (χ1v) is 6.58. The highest BCUT2D eigenvalue weighted by molar-refractivity contribution is 5.95. The van der Waals surface area contributed by atoms with Crippen molar-refractivity contribution in [3.8, 4) is 0 Å². The van der Waals surface area contributed by atoms with Crippen LogP contribution in [0.15, 0.2) is 24.3 Å². The number of carbonyl (C=O) groups is 3. The minimum atomic E-state index is -0.388. The summed E-state index contributed by atoms with van der Waals surface area (Å²) in [6.07, 6.45) is 0. The van der Waals surface area contributed by atoms with Crippen LogP contribution >= 0.6 is 0 Å². The van der Waals surface area contributed by atoms with Gasteiger partial charge in [0.15, 0.2) is 0 Å². The second kappa shape index (κ2) is 7.88. The molecule has 0 aliphatic carbocycles. The fourth-order valence-corrected chi connectivity index (χ4v) is 1.52. The maximum atomic E-state index is 11.6. The van der Waals surface area contributed by atoms with E-state index in [-0.39, 0.29) is 30.4 Å². The smallest absolute Gasteiger partial charge is 0.315 e. The van der Waals surface area contributed by atoms with Crippen LogP contribution in [0.1, 0.15) is 20.8 Å². The molecule has 4 N–H and O–H groups in total. The Morgan fingerprint density at radius 2 is 1.52 bits per heavy atom. The fraction of sp³-hybridized carbons (Fsp3) is 0.357. The molecule has 0 unspecified atom stereocenters. The van der Waals surface area contributed by atoms with E-state index in [0.717, 1.165) is 0 Å². The van der Waals surface area contributed by atoms with Crippen LogP contribution in [0.3, 0.4) is 0 Å². The highest BCUT2D eigenvalue weighted by Crippen LogP contribution is 2.13.